The van der Waals surface area contributed by atoms with Crippen molar-refractivity contribution in [2.45, 2.75) is 96.3 Å². The van der Waals surface area contributed by atoms with Gasteiger partial charge in [0.25, 0.3) is 0 Å². The summed E-state index contributed by atoms with van der Waals surface area (Å²) < 4.78 is 0. The summed E-state index contributed by atoms with van der Waals surface area (Å²) in [5, 5.41) is 0. The Morgan fingerprint density at radius 3 is 1.68 bits per heavy atom. The molecule has 0 bridgehead atoms. The van der Waals surface area contributed by atoms with Gasteiger partial charge in [0.05, 0.1) is 6.61 Å². The minimum Gasteiger partial charge on any atom is -0.305 e. The minimum absolute atomic E-state index is 0.747. The molecule has 19 heavy (non-hydrogen) atoms. The summed E-state index contributed by atoms with van der Waals surface area (Å²) in [5.41, 5.74) is 0. The number of nitrogens with two attached hydrogens (primary N) is 1. The Labute approximate surface area is 122 Å². The van der Waals surface area contributed by atoms with Crippen molar-refractivity contribution in [2.75, 3.05) is 6.61 Å². The third-order valence-corrected chi connectivity index (χ3v) is 7.37. The maximum Gasteiger partial charge on any atom is 0.0655 e. The summed E-state index contributed by atoms with van der Waals surface area (Å²) in [6.07, 6.45) is 14.3. The van der Waals surface area contributed by atoms with E-state index < -0.39 is 8.07 Å². The molecule has 0 saturated heterocycles. The van der Waals surface area contributed by atoms with E-state index in [1.807, 2.05) is 0 Å². The highest BCUT2D eigenvalue weighted by molar-refractivity contribution is 6.77. The number of hydrogen-bond acceptors (Lipinski definition) is 2. The van der Waals surface area contributed by atoms with Crippen LogP contribution in [0.5, 0.6) is 0 Å². The van der Waals surface area contributed by atoms with E-state index in [0.29, 0.717) is 0 Å². The fourth-order valence-electron chi connectivity index (χ4n) is 2.55. The summed E-state index contributed by atoms with van der Waals surface area (Å²) in [6, 6.07) is 2.65. The Morgan fingerprint density at radius 1 is 0.737 bits per heavy atom. The first-order chi connectivity index (χ1) is 9.12. The molecule has 0 radical (unpaired) electrons. The topological polar surface area (TPSA) is 35.2 Å². The minimum atomic E-state index is -1.02. The Morgan fingerprint density at radius 2 is 1.21 bits per heavy atom. The highest BCUT2D eigenvalue weighted by Gasteiger charge is 2.19. The smallest absolute Gasteiger partial charge is 0.0655 e. The molecule has 0 atom stereocenters. The molecule has 2 N–H and O–H groups in total. The van der Waals surface area contributed by atoms with Crippen molar-refractivity contribution in [1.29, 1.82) is 0 Å². The zero-order chi connectivity index (χ0) is 14.4. The second-order valence-electron chi connectivity index (χ2n) is 6.72. The standard InChI is InChI=1S/C16H37NOSi/c1-4-5-6-7-8-9-10-11-12-13-15-19(2,3)16-14-18-17/h4-17H2,1-3H3. The third-order valence-electron chi connectivity index (χ3n) is 4.10. The zero-order valence-corrected chi connectivity index (χ0v) is 14.7. The molecule has 0 aromatic heterocycles. The van der Waals surface area contributed by atoms with Crippen LogP contribution in [0, 0.1) is 0 Å². The van der Waals surface area contributed by atoms with Crippen molar-refractivity contribution in [3.05, 3.63) is 0 Å². The lowest BCUT2D eigenvalue weighted by Crippen LogP contribution is -2.27. The van der Waals surface area contributed by atoms with Crippen LogP contribution in [0.1, 0.15) is 71.1 Å². The van der Waals surface area contributed by atoms with Gasteiger partial charge in [-0.3, -0.25) is 0 Å². The molecule has 2 nitrogen and oxygen atoms in total. The van der Waals surface area contributed by atoms with Gasteiger partial charge in [0.15, 0.2) is 0 Å². The molecule has 3 heteroatoms. The molecule has 0 spiro atoms. The average molecular weight is 288 g/mol. The maximum atomic E-state index is 5.11. The van der Waals surface area contributed by atoms with Gasteiger partial charge in [0.1, 0.15) is 0 Å². The Hall–Kier alpha value is 0.137. The summed E-state index contributed by atoms with van der Waals surface area (Å²) in [5.74, 6) is 5.11. The molecular formula is C16H37NOSi. The van der Waals surface area contributed by atoms with Gasteiger partial charge >= 0.3 is 0 Å². The zero-order valence-electron chi connectivity index (χ0n) is 13.7. The average Bonchev–Trinajstić information content (AvgIpc) is 2.38. The quantitative estimate of drug-likeness (QED) is 0.260. The first-order valence-electron chi connectivity index (χ1n) is 8.44. The van der Waals surface area contributed by atoms with E-state index in [1.54, 1.807) is 0 Å². The lowest BCUT2D eigenvalue weighted by molar-refractivity contribution is 0.151. The van der Waals surface area contributed by atoms with Crippen LogP contribution in [-0.4, -0.2) is 14.7 Å². The summed E-state index contributed by atoms with van der Waals surface area (Å²) in [6.45, 7) is 7.95. The van der Waals surface area contributed by atoms with Crippen LogP contribution in [0.2, 0.25) is 25.2 Å². The van der Waals surface area contributed by atoms with Crippen molar-refractivity contribution in [3.8, 4) is 0 Å². The van der Waals surface area contributed by atoms with Crippen LogP contribution in [-0.2, 0) is 4.84 Å². The van der Waals surface area contributed by atoms with Crippen molar-refractivity contribution < 1.29 is 4.84 Å². The fourth-order valence-corrected chi connectivity index (χ4v) is 4.68. The second kappa shape index (κ2) is 13.1. The first-order valence-corrected chi connectivity index (χ1v) is 11.9. The molecule has 116 valence electrons. The molecule has 0 heterocycles. The first kappa shape index (κ1) is 19.1. The molecule has 0 rings (SSSR count). The normalized spacial score (nSPS) is 12.0. The third kappa shape index (κ3) is 14.4. The van der Waals surface area contributed by atoms with Crippen LogP contribution < -0.4 is 5.90 Å². The molecule has 0 aliphatic carbocycles. The van der Waals surface area contributed by atoms with Gasteiger partial charge in [-0.05, 0) is 6.04 Å². The molecule has 0 amide bonds. The Kier molecular flexibility index (Phi) is 13.2. The maximum absolute atomic E-state index is 5.11. The predicted molar refractivity (Wildman–Crippen MR) is 89.1 cm³/mol. The van der Waals surface area contributed by atoms with Crippen molar-refractivity contribution in [2.24, 2.45) is 5.90 Å². The van der Waals surface area contributed by atoms with Crippen LogP contribution in [0.15, 0.2) is 0 Å². The predicted octanol–water partition coefficient (Wildman–Crippen LogP) is 5.51. The molecule has 0 aliphatic rings. The molecule has 0 aliphatic heterocycles. The van der Waals surface area contributed by atoms with Gasteiger partial charge in [-0.25, -0.2) is 5.90 Å². The van der Waals surface area contributed by atoms with Crippen LogP contribution in [0.4, 0.5) is 0 Å². The van der Waals surface area contributed by atoms with Crippen LogP contribution in [0.3, 0.4) is 0 Å². The highest BCUT2D eigenvalue weighted by Crippen LogP contribution is 2.20. The molecular weight excluding hydrogens is 250 g/mol. The highest BCUT2D eigenvalue weighted by atomic mass is 28.3. The van der Waals surface area contributed by atoms with Gasteiger partial charge in [-0.1, -0.05) is 90.3 Å². The molecule has 0 fully saturated rings. The summed E-state index contributed by atoms with van der Waals surface area (Å²) >= 11 is 0. The van der Waals surface area contributed by atoms with Gasteiger partial charge in [0.2, 0.25) is 0 Å². The Balaban J connectivity index is 3.21. The summed E-state index contributed by atoms with van der Waals surface area (Å²) in [7, 11) is -1.02. The lowest BCUT2D eigenvalue weighted by Gasteiger charge is -2.21. The van der Waals surface area contributed by atoms with E-state index in [1.165, 1.54) is 76.3 Å². The molecule has 0 saturated carbocycles. The van der Waals surface area contributed by atoms with Gasteiger partial charge in [-0.2, -0.15) is 0 Å². The van der Waals surface area contributed by atoms with E-state index in [-0.39, 0.29) is 0 Å². The van der Waals surface area contributed by atoms with Crippen LogP contribution in [0.25, 0.3) is 0 Å². The largest absolute Gasteiger partial charge is 0.305 e. The monoisotopic (exact) mass is 287 g/mol. The van der Waals surface area contributed by atoms with E-state index in [4.69, 9.17) is 10.7 Å². The van der Waals surface area contributed by atoms with Crippen LogP contribution >= 0.6 is 0 Å². The molecule has 0 aromatic carbocycles. The summed E-state index contributed by atoms with van der Waals surface area (Å²) in [4.78, 5) is 4.71. The van der Waals surface area contributed by atoms with E-state index in [2.05, 4.69) is 20.0 Å². The number of hydrogen-bond donors (Lipinski definition) is 1. The lowest BCUT2D eigenvalue weighted by atomic mass is 10.1. The van der Waals surface area contributed by atoms with Crippen molar-refractivity contribution in [1.82, 2.24) is 0 Å². The van der Waals surface area contributed by atoms with Crippen molar-refractivity contribution >= 4 is 8.07 Å². The van der Waals surface area contributed by atoms with E-state index >= 15 is 0 Å². The van der Waals surface area contributed by atoms with Crippen molar-refractivity contribution in [3.63, 3.8) is 0 Å². The van der Waals surface area contributed by atoms with Gasteiger partial charge in [0, 0.05) is 8.07 Å². The van der Waals surface area contributed by atoms with E-state index in [9.17, 15) is 0 Å². The molecule has 0 unspecified atom stereocenters. The Bertz CT molecular complexity index is 186. The molecule has 0 aromatic rings. The van der Waals surface area contributed by atoms with Gasteiger partial charge < -0.3 is 4.84 Å². The number of unbranched alkanes of at least 4 members (excludes halogenated alkanes) is 9. The van der Waals surface area contributed by atoms with Gasteiger partial charge in [-0.15, -0.1) is 0 Å². The van der Waals surface area contributed by atoms with E-state index in [0.717, 1.165) is 6.61 Å². The SMILES string of the molecule is CCCCCCCCCCCC[Si](C)(C)CCON. The fraction of sp³-hybridized carbons (Fsp3) is 1.00. The number of rotatable bonds is 14. The second-order valence-corrected chi connectivity index (χ2v) is 12.0.